The Morgan fingerprint density at radius 2 is 2.00 bits per heavy atom. The van der Waals surface area contributed by atoms with Crippen molar-refractivity contribution >= 4 is 11.9 Å². The fourth-order valence-electron chi connectivity index (χ4n) is 4.33. The summed E-state index contributed by atoms with van der Waals surface area (Å²) in [5.74, 6) is 0.798. The second kappa shape index (κ2) is 7.56. The molecule has 8 heteroatoms. The lowest BCUT2D eigenvalue weighted by Gasteiger charge is -2.39. The van der Waals surface area contributed by atoms with Gasteiger partial charge in [0.15, 0.2) is 0 Å². The van der Waals surface area contributed by atoms with Gasteiger partial charge in [-0.15, -0.1) is 0 Å². The van der Waals surface area contributed by atoms with Gasteiger partial charge in [0.05, 0.1) is 30.6 Å². The highest BCUT2D eigenvalue weighted by atomic mass is 16.5. The fraction of sp³-hybridized carbons (Fsp3) is 0.526. The molecule has 0 saturated carbocycles. The third kappa shape index (κ3) is 3.62. The molecule has 0 unspecified atom stereocenters. The predicted octanol–water partition coefficient (Wildman–Crippen LogP) is 1.41. The van der Waals surface area contributed by atoms with Crippen molar-refractivity contribution in [2.75, 3.05) is 38.3 Å². The summed E-state index contributed by atoms with van der Waals surface area (Å²) in [5.41, 5.74) is 0.777. The molecule has 4 rings (SSSR count). The molecular weight excluding hydrogens is 344 g/mol. The van der Waals surface area contributed by atoms with Crippen molar-refractivity contribution in [2.24, 2.45) is 5.41 Å². The molecule has 4 heterocycles. The number of nitrogens with zero attached hydrogens (tertiary/aromatic N) is 6. The van der Waals surface area contributed by atoms with Crippen LogP contribution in [-0.2, 0) is 4.74 Å². The maximum absolute atomic E-state index is 12.7. The topological polar surface area (TPSA) is 84.3 Å². The lowest BCUT2D eigenvalue weighted by molar-refractivity contribution is 0.0598. The first-order valence-electron chi connectivity index (χ1n) is 9.29. The zero-order chi connectivity index (χ0) is 18.7. The summed E-state index contributed by atoms with van der Waals surface area (Å²) in [4.78, 5) is 25.7. The van der Waals surface area contributed by atoms with E-state index < -0.39 is 0 Å². The van der Waals surface area contributed by atoms with Crippen LogP contribution in [0.3, 0.4) is 0 Å². The maximum atomic E-state index is 12.7. The third-order valence-corrected chi connectivity index (χ3v) is 5.73. The van der Waals surface area contributed by atoms with Crippen molar-refractivity contribution < 1.29 is 9.53 Å². The number of amides is 1. The zero-order valence-electron chi connectivity index (χ0n) is 15.5. The number of hydrogen-bond donors (Lipinski definition) is 0. The van der Waals surface area contributed by atoms with Crippen LogP contribution in [-0.4, -0.2) is 70.4 Å². The summed E-state index contributed by atoms with van der Waals surface area (Å²) in [6, 6.07) is 3.82. The molecule has 27 heavy (non-hydrogen) atoms. The first kappa shape index (κ1) is 17.8. The molecule has 0 N–H and O–H groups in total. The van der Waals surface area contributed by atoms with Crippen LogP contribution in [0.5, 0.6) is 0 Å². The van der Waals surface area contributed by atoms with E-state index in [9.17, 15) is 4.79 Å². The van der Waals surface area contributed by atoms with E-state index in [1.165, 1.54) is 6.20 Å². The molecular formula is C19H24N6O2. The van der Waals surface area contributed by atoms with E-state index in [2.05, 4.69) is 25.1 Å². The first-order valence-corrected chi connectivity index (χ1v) is 9.29. The summed E-state index contributed by atoms with van der Waals surface area (Å²) in [7, 11) is 1.74. The van der Waals surface area contributed by atoms with Crippen LogP contribution >= 0.6 is 0 Å². The number of piperidine rings is 1. The van der Waals surface area contributed by atoms with Crippen molar-refractivity contribution in [3.63, 3.8) is 0 Å². The number of likely N-dealkylation sites (tertiary alicyclic amines) is 1. The van der Waals surface area contributed by atoms with E-state index in [1.54, 1.807) is 31.8 Å². The van der Waals surface area contributed by atoms with Crippen LogP contribution in [0.25, 0.3) is 0 Å². The van der Waals surface area contributed by atoms with Gasteiger partial charge in [-0.2, -0.15) is 10.2 Å². The summed E-state index contributed by atoms with van der Waals surface area (Å²) in [6.07, 6.45) is 9.63. The van der Waals surface area contributed by atoms with E-state index in [4.69, 9.17) is 4.74 Å². The van der Waals surface area contributed by atoms with Crippen LogP contribution in [0.2, 0.25) is 0 Å². The molecule has 0 bridgehead atoms. The van der Waals surface area contributed by atoms with Gasteiger partial charge in [-0.1, -0.05) is 0 Å². The van der Waals surface area contributed by atoms with Crippen LogP contribution in [0.15, 0.2) is 36.9 Å². The SMILES string of the molecule is COC[C@H]1CC2(CCN(C(=O)c3ccnnc3)CC2)CN1c1ncccn1. The van der Waals surface area contributed by atoms with Crippen LogP contribution in [0, 0.1) is 5.41 Å². The van der Waals surface area contributed by atoms with Gasteiger partial charge in [-0.25, -0.2) is 9.97 Å². The minimum absolute atomic E-state index is 0.0365. The molecule has 0 radical (unpaired) electrons. The number of anilines is 1. The summed E-state index contributed by atoms with van der Waals surface area (Å²) >= 11 is 0. The van der Waals surface area contributed by atoms with Gasteiger partial charge in [0.25, 0.3) is 5.91 Å². The Kier molecular flexibility index (Phi) is 4.98. The van der Waals surface area contributed by atoms with Gasteiger partial charge in [-0.3, -0.25) is 4.79 Å². The van der Waals surface area contributed by atoms with Crippen LogP contribution in [0.4, 0.5) is 5.95 Å². The van der Waals surface area contributed by atoms with Crippen LogP contribution < -0.4 is 4.90 Å². The number of methoxy groups -OCH3 is 1. The zero-order valence-corrected chi connectivity index (χ0v) is 15.5. The molecule has 142 valence electrons. The Labute approximate surface area is 158 Å². The van der Waals surface area contributed by atoms with E-state index in [-0.39, 0.29) is 17.4 Å². The lowest BCUT2D eigenvalue weighted by atomic mass is 9.76. The van der Waals surface area contributed by atoms with Crippen molar-refractivity contribution in [3.8, 4) is 0 Å². The molecule has 2 saturated heterocycles. The quantitative estimate of drug-likeness (QED) is 0.807. The molecule has 8 nitrogen and oxygen atoms in total. The highest BCUT2D eigenvalue weighted by molar-refractivity contribution is 5.93. The maximum Gasteiger partial charge on any atom is 0.255 e. The fourth-order valence-corrected chi connectivity index (χ4v) is 4.33. The Bertz CT molecular complexity index is 764. The number of rotatable bonds is 4. The van der Waals surface area contributed by atoms with Gasteiger partial charge < -0.3 is 14.5 Å². The average molecular weight is 368 g/mol. The Hall–Kier alpha value is -2.61. The highest BCUT2D eigenvalue weighted by Crippen LogP contribution is 2.44. The van der Waals surface area contributed by atoms with Gasteiger partial charge in [0, 0.05) is 39.1 Å². The third-order valence-electron chi connectivity index (χ3n) is 5.73. The first-order chi connectivity index (χ1) is 13.2. The van der Waals surface area contributed by atoms with E-state index in [0.717, 1.165) is 44.8 Å². The van der Waals surface area contributed by atoms with Crippen LogP contribution in [0.1, 0.15) is 29.6 Å². The Morgan fingerprint density at radius 1 is 1.22 bits per heavy atom. The second-order valence-corrected chi connectivity index (χ2v) is 7.41. The summed E-state index contributed by atoms with van der Waals surface area (Å²) in [5, 5.41) is 7.56. The monoisotopic (exact) mass is 368 g/mol. The molecule has 1 amide bonds. The molecule has 0 aromatic carbocycles. The van der Waals surface area contributed by atoms with E-state index >= 15 is 0 Å². The van der Waals surface area contributed by atoms with Crippen molar-refractivity contribution in [1.29, 1.82) is 0 Å². The van der Waals surface area contributed by atoms with Crippen molar-refractivity contribution in [2.45, 2.75) is 25.3 Å². The van der Waals surface area contributed by atoms with Gasteiger partial charge >= 0.3 is 0 Å². The molecule has 1 atom stereocenters. The number of aromatic nitrogens is 4. The minimum Gasteiger partial charge on any atom is -0.383 e. The molecule has 1 spiro atoms. The highest BCUT2D eigenvalue weighted by Gasteiger charge is 2.46. The molecule has 2 aliphatic heterocycles. The normalized spacial score (nSPS) is 21.6. The average Bonchev–Trinajstić information content (AvgIpc) is 3.07. The number of ether oxygens (including phenoxy) is 1. The number of carbonyl (C=O) groups is 1. The lowest BCUT2D eigenvalue weighted by Crippen LogP contribution is -2.44. The summed E-state index contributed by atoms with van der Waals surface area (Å²) in [6.45, 7) is 3.07. The number of carbonyl (C=O) groups excluding carboxylic acids is 1. The van der Waals surface area contributed by atoms with E-state index in [1.807, 2.05) is 11.0 Å². The van der Waals surface area contributed by atoms with Gasteiger partial charge in [0.1, 0.15) is 0 Å². The van der Waals surface area contributed by atoms with Gasteiger partial charge in [0.2, 0.25) is 5.95 Å². The Morgan fingerprint density at radius 3 is 2.67 bits per heavy atom. The summed E-state index contributed by atoms with van der Waals surface area (Å²) < 4.78 is 5.45. The standard InChI is InChI=1S/C19H24N6O2/c1-27-13-16-11-19(14-25(16)18-20-6-2-7-21-18)4-9-24(10-5-19)17(26)15-3-8-22-23-12-15/h2-3,6-8,12,16H,4-5,9-11,13-14H2,1H3/t16-/m1/s1. The van der Waals surface area contributed by atoms with Gasteiger partial charge in [-0.05, 0) is 36.8 Å². The second-order valence-electron chi connectivity index (χ2n) is 7.41. The smallest absolute Gasteiger partial charge is 0.255 e. The molecule has 0 aliphatic carbocycles. The molecule has 2 fully saturated rings. The molecule has 2 aliphatic rings. The minimum atomic E-state index is 0.0365. The molecule has 2 aromatic heterocycles. The van der Waals surface area contributed by atoms with Crippen molar-refractivity contribution in [1.82, 2.24) is 25.1 Å². The number of hydrogen-bond acceptors (Lipinski definition) is 7. The van der Waals surface area contributed by atoms with E-state index in [0.29, 0.717) is 12.2 Å². The molecule has 2 aromatic rings. The predicted molar refractivity (Wildman–Crippen MR) is 99.3 cm³/mol. The Balaban J connectivity index is 1.45. The largest absolute Gasteiger partial charge is 0.383 e. The van der Waals surface area contributed by atoms with Crippen molar-refractivity contribution in [3.05, 3.63) is 42.5 Å².